The first-order chi connectivity index (χ1) is 5.88. The van der Waals surface area contributed by atoms with Crippen LogP contribution in [-0.2, 0) is 0 Å². The molecule has 2 heteroatoms. The Hall–Kier alpha value is -1.02. The van der Waals surface area contributed by atoms with Crippen LogP contribution in [0.1, 0.15) is 6.92 Å². The van der Waals surface area contributed by atoms with Gasteiger partial charge in [-0.1, -0.05) is 12.1 Å². The van der Waals surface area contributed by atoms with Crippen molar-refractivity contribution < 1.29 is 5.11 Å². The van der Waals surface area contributed by atoms with E-state index in [0.717, 1.165) is 12.2 Å². The third-order valence-electron chi connectivity index (χ3n) is 1.82. The lowest BCUT2D eigenvalue weighted by atomic mass is 10.3. The normalized spacial score (nSPS) is 9.83. The Balaban J connectivity index is 2.66. The van der Waals surface area contributed by atoms with Crippen molar-refractivity contribution in [2.24, 2.45) is 0 Å². The molecule has 0 heterocycles. The maximum absolute atomic E-state index is 8.78. The number of aliphatic hydroxyl groups excluding tert-OH is 1. The van der Waals surface area contributed by atoms with Crippen LogP contribution in [0.3, 0.4) is 0 Å². The Morgan fingerprint density at radius 1 is 1.42 bits per heavy atom. The molecule has 0 unspecified atom stereocenters. The molecular formula is C10H14NO. The second-order valence-electron chi connectivity index (χ2n) is 2.56. The maximum Gasteiger partial charge on any atom is 0.0606 e. The van der Waals surface area contributed by atoms with Crippen molar-refractivity contribution in [3.05, 3.63) is 30.3 Å². The van der Waals surface area contributed by atoms with E-state index in [1.165, 1.54) is 0 Å². The summed E-state index contributed by atoms with van der Waals surface area (Å²) in [4.78, 5) is 2.12. The molecule has 0 aromatic heterocycles. The smallest absolute Gasteiger partial charge is 0.0606 e. The van der Waals surface area contributed by atoms with E-state index in [9.17, 15) is 0 Å². The third kappa shape index (κ3) is 2.24. The summed E-state index contributed by atoms with van der Waals surface area (Å²) in [7, 11) is 0. The summed E-state index contributed by atoms with van der Waals surface area (Å²) in [6.45, 7) is 3.89. The average molecular weight is 164 g/mol. The van der Waals surface area contributed by atoms with E-state index in [2.05, 4.69) is 17.9 Å². The van der Waals surface area contributed by atoms with Gasteiger partial charge in [0.2, 0.25) is 0 Å². The zero-order valence-electron chi connectivity index (χ0n) is 7.33. The quantitative estimate of drug-likeness (QED) is 0.725. The van der Waals surface area contributed by atoms with Crippen LogP contribution in [-0.4, -0.2) is 24.8 Å². The van der Waals surface area contributed by atoms with E-state index < -0.39 is 0 Å². The third-order valence-corrected chi connectivity index (χ3v) is 1.82. The Morgan fingerprint density at radius 3 is 2.58 bits per heavy atom. The van der Waals surface area contributed by atoms with Crippen molar-refractivity contribution in [1.82, 2.24) is 0 Å². The van der Waals surface area contributed by atoms with Crippen molar-refractivity contribution in [2.45, 2.75) is 6.92 Å². The largest absolute Gasteiger partial charge is 0.395 e. The number of rotatable bonds is 4. The molecule has 1 N–H and O–H groups in total. The van der Waals surface area contributed by atoms with E-state index in [-0.39, 0.29) is 6.61 Å². The predicted octanol–water partition coefficient (Wildman–Crippen LogP) is 1.31. The van der Waals surface area contributed by atoms with Crippen LogP contribution in [0, 0.1) is 6.07 Å². The lowest BCUT2D eigenvalue weighted by Crippen LogP contribution is -2.25. The maximum atomic E-state index is 8.78. The zero-order valence-corrected chi connectivity index (χ0v) is 7.33. The van der Waals surface area contributed by atoms with Crippen LogP contribution in [0.5, 0.6) is 0 Å². The summed E-state index contributed by atoms with van der Waals surface area (Å²) in [5.41, 5.74) is 1.14. The summed E-state index contributed by atoms with van der Waals surface area (Å²) in [6, 6.07) is 10.7. The van der Waals surface area contributed by atoms with Gasteiger partial charge in [0, 0.05) is 18.8 Å². The molecule has 0 spiro atoms. The summed E-state index contributed by atoms with van der Waals surface area (Å²) in [5, 5.41) is 8.78. The minimum absolute atomic E-state index is 0.201. The average Bonchev–Trinajstić information content (AvgIpc) is 2.15. The van der Waals surface area contributed by atoms with Crippen molar-refractivity contribution in [1.29, 1.82) is 0 Å². The van der Waals surface area contributed by atoms with Gasteiger partial charge >= 0.3 is 0 Å². The second kappa shape index (κ2) is 4.78. The molecule has 0 atom stereocenters. The minimum atomic E-state index is 0.201. The van der Waals surface area contributed by atoms with Crippen LogP contribution in [0.4, 0.5) is 5.69 Å². The van der Waals surface area contributed by atoms with Gasteiger partial charge in [0.25, 0.3) is 0 Å². The van der Waals surface area contributed by atoms with E-state index >= 15 is 0 Å². The Morgan fingerprint density at radius 2 is 2.08 bits per heavy atom. The van der Waals surface area contributed by atoms with Gasteiger partial charge < -0.3 is 10.0 Å². The standard InChI is InChI=1S/C10H14NO/c1-2-11(8-9-12)10-6-4-3-5-7-10/h4-7,12H,2,8-9H2,1H3. The molecule has 65 valence electrons. The predicted molar refractivity (Wildman–Crippen MR) is 50.3 cm³/mol. The van der Waals surface area contributed by atoms with Gasteiger partial charge in [0.15, 0.2) is 0 Å². The molecule has 1 rings (SSSR count). The van der Waals surface area contributed by atoms with Crippen LogP contribution in [0.2, 0.25) is 0 Å². The molecule has 1 aromatic carbocycles. The molecular weight excluding hydrogens is 150 g/mol. The van der Waals surface area contributed by atoms with E-state index in [1.807, 2.05) is 24.3 Å². The van der Waals surface area contributed by atoms with Gasteiger partial charge in [-0.15, -0.1) is 0 Å². The fraction of sp³-hybridized carbons (Fsp3) is 0.400. The van der Waals surface area contributed by atoms with Crippen molar-refractivity contribution in [3.63, 3.8) is 0 Å². The molecule has 0 bridgehead atoms. The highest BCUT2D eigenvalue weighted by atomic mass is 16.3. The summed E-state index contributed by atoms with van der Waals surface area (Å²) < 4.78 is 0. The molecule has 12 heavy (non-hydrogen) atoms. The highest BCUT2D eigenvalue weighted by Gasteiger charge is 2.00. The lowest BCUT2D eigenvalue weighted by Gasteiger charge is -2.21. The Bertz CT molecular complexity index is 210. The lowest BCUT2D eigenvalue weighted by molar-refractivity contribution is 0.302. The van der Waals surface area contributed by atoms with Gasteiger partial charge in [-0.2, -0.15) is 0 Å². The summed E-state index contributed by atoms with van der Waals surface area (Å²) in [5.74, 6) is 0. The number of aliphatic hydroxyl groups is 1. The van der Waals surface area contributed by atoms with Crippen LogP contribution in [0.15, 0.2) is 24.3 Å². The summed E-state index contributed by atoms with van der Waals surface area (Å²) >= 11 is 0. The zero-order chi connectivity index (χ0) is 8.81. The molecule has 2 nitrogen and oxygen atoms in total. The monoisotopic (exact) mass is 164 g/mol. The highest BCUT2D eigenvalue weighted by Crippen LogP contribution is 2.11. The molecule has 0 saturated heterocycles. The van der Waals surface area contributed by atoms with Crippen LogP contribution in [0.25, 0.3) is 0 Å². The topological polar surface area (TPSA) is 23.5 Å². The SMILES string of the molecule is CCN(CCO)c1cc[c]cc1. The number of hydrogen-bond donors (Lipinski definition) is 1. The summed E-state index contributed by atoms with van der Waals surface area (Å²) in [6.07, 6.45) is 0. The number of hydrogen-bond acceptors (Lipinski definition) is 2. The first-order valence-electron chi connectivity index (χ1n) is 4.20. The first-order valence-corrected chi connectivity index (χ1v) is 4.20. The molecule has 1 aromatic rings. The van der Waals surface area contributed by atoms with E-state index in [0.29, 0.717) is 6.54 Å². The van der Waals surface area contributed by atoms with E-state index in [4.69, 9.17) is 5.11 Å². The number of likely N-dealkylation sites (N-methyl/N-ethyl adjacent to an activating group) is 1. The molecule has 0 aliphatic rings. The van der Waals surface area contributed by atoms with Crippen LogP contribution < -0.4 is 4.90 Å². The van der Waals surface area contributed by atoms with E-state index in [1.54, 1.807) is 0 Å². The fourth-order valence-corrected chi connectivity index (χ4v) is 1.18. The van der Waals surface area contributed by atoms with Gasteiger partial charge in [0.05, 0.1) is 6.61 Å². The molecule has 0 saturated carbocycles. The highest BCUT2D eigenvalue weighted by molar-refractivity contribution is 5.45. The Kier molecular flexibility index (Phi) is 3.61. The second-order valence-corrected chi connectivity index (χ2v) is 2.56. The van der Waals surface area contributed by atoms with Crippen molar-refractivity contribution in [2.75, 3.05) is 24.6 Å². The first kappa shape index (κ1) is 9.07. The van der Waals surface area contributed by atoms with Crippen molar-refractivity contribution in [3.8, 4) is 0 Å². The number of benzene rings is 1. The molecule has 0 aliphatic carbocycles. The molecule has 0 amide bonds. The van der Waals surface area contributed by atoms with Gasteiger partial charge in [-0.25, -0.2) is 0 Å². The molecule has 0 fully saturated rings. The fourth-order valence-electron chi connectivity index (χ4n) is 1.18. The van der Waals surface area contributed by atoms with Crippen LogP contribution >= 0.6 is 0 Å². The number of nitrogens with zero attached hydrogens (tertiary/aromatic N) is 1. The minimum Gasteiger partial charge on any atom is -0.395 e. The molecule has 0 aliphatic heterocycles. The van der Waals surface area contributed by atoms with Gasteiger partial charge in [-0.05, 0) is 25.1 Å². The number of anilines is 1. The molecule has 1 radical (unpaired) electrons. The Labute approximate surface area is 73.4 Å². The van der Waals surface area contributed by atoms with Gasteiger partial charge in [-0.3, -0.25) is 0 Å². The van der Waals surface area contributed by atoms with Gasteiger partial charge in [0.1, 0.15) is 0 Å². The van der Waals surface area contributed by atoms with Crippen molar-refractivity contribution >= 4 is 5.69 Å².